The van der Waals surface area contributed by atoms with E-state index < -0.39 is 0 Å². The van der Waals surface area contributed by atoms with Gasteiger partial charge in [0.2, 0.25) is 0 Å². The predicted octanol–water partition coefficient (Wildman–Crippen LogP) is 2.43. The van der Waals surface area contributed by atoms with Crippen molar-refractivity contribution in [3.8, 4) is 0 Å². The molecule has 0 radical (unpaired) electrons. The summed E-state index contributed by atoms with van der Waals surface area (Å²) in [6, 6.07) is 11.9. The van der Waals surface area contributed by atoms with Crippen LogP contribution in [0, 0.1) is 0 Å². The summed E-state index contributed by atoms with van der Waals surface area (Å²) in [6.45, 7) is 8.01. The minimum Gasteiger partial charge on any atom is -0.307 e. The Bertz CT molecular complexity index is 310. The molecule has 1 N–H and O–H groups in total. The van der Waals surface area contributed by atoms with Gasteiger partial charge in [0.1, 0.15) is 0 Å². The summed E-state index contributed by atoms with van der Waals surface area (Å²) < 4.78 is 0. The third-order valence-electron chi connectivity index (χ3n) is 3.41. The van der Waals surface area contributed by atoms with E-state index in [0.29, 0.717) is 12.1 Å². The molecule has 88 valence electrons. The van der Waals surface area contributed by atoms with E-state index in [9.17, 15) is 0 Å². The molecule has 1 fully saturated rings. The monoisotopic (exact) mass is 218 g/mol. The van der Waals surface area contributed by atoms with Crippen LogP contribution in [0.3, 0.4) is 0 Å². The van der Waals surface area contributed by atoms with Crippen molar-refractivity contribution in [1.29, 1.82) is 0 Å². The Morgan fingerprint density at radius 3 is 2.75 bits per heavy atom. The highest BCUT2D eigenvalue weighted by molar-refractivity contribution is 5.20. The van der Waals surface area contributed by atoms with Crippen LogP contribution in [-0.2, 0) is 0 Å². The molecule has 0 bridgehead atoms. The molecule has 2 unspecified atom stereocenters. The highest BCUT2D eigenvalue weighted by Gasteiger charge is 2.24. The lowest BCUT2D eigenvalue weighted by atomic mass is 10.0. The summed E-state index contributed by atoms with van der Waals surface area (Å²) in [5.41, 5.74) is 1.41. The van der Waals surface area contributed by atoms with E-state index in [0.717, 1.165) is 13.1 Å². The quantitative estimate of drug-likeness (QED) is 0.838. The molecular formula is C14H22N2. The van der Waals surface area contributed by atoms with Gasteiger partial charge in [0.05, 0.1) is 0 Å². The summed E-state index contributed by atoms with van der Waals surface area (Å²) >= 11 is 0. The van der Waals surface area contributed by atoms with Crippen LogP contribution in [0.2, 0.25) is 0 Å². The van der Waals surface area contributed by atoms with Crippen molar-refractivity contribution in [3.05, 3.63) is 35.9 Å². The first-order valence-corrected chi connectivity index (χ1v) is 6.33. The number of hydrogen-bond donors (Lipinski definition) is 1. The maximum absolute atomic E-state index is 3.63. The van der Waals surface area contributed by atoms with Gasteiger partial charge in [-0.05, 0) is 25.5 Å². The molecule has 1 aliphatic heterocycles. The molecule has 0 amide bonds. The molecule has 1 aromatic carbocycles. The zero-order valence-corrected chi connectivity index (χ0v) is 10.3. The molecule has 0 aromatic heterocycles. The number of rotatable bonds is 3. The third-order valence-corrected chi connectivity index (χ3v) is 3.41. The van der Waals surface area contributed by atoms with Crippen molar-refractivity contribution >= 4 is 0 Å². The first-order chi connectivity index (χ1) is 7.81. The van der Waals surface area contributed by atoms with Crippen LogP contribution in [0.25, 0.3) is 0 Å². The predicted molar refractivity (Wildman–Crippen MR) is 68.5 cm³/mol. The molecule has 2 heteroatoms. The topological polar surface area (TPSA) is 15.3 Å². The molecule has 2 rings (SSSR count). The van der Waals surface area contributed by atoms with Gasteiger partial charge in [0.25, 0.3) is 0 Å². The van der Waals surface area contributed by atoms with Gasteiger partial charge in [0, 0.05) is 25.2 Å². The van der Waals surface area contributed by atoms with Crippen LogP contribution in [0.1, 0.15) is 31.9 Å². The molecule has 1 aromatic rings. The molecule has 16 heavy (non-hydrogen) atoms. The second kappa shape index (κ2) is 5.46. The van der Waals surface area contributed by atoms with Crippen LogP contribution in [-0.4, -0.2) is 30.6 Å². The number of benzene rings is 1. The van der Waals surface area contributed by atoms with Gasteiger partial charge < -0.3 is 5.32 Å². The first-order valence-electron chi connectivity index (χ1n) is 6.33. The van der Waals surface area contributed by atoms with Gasteiger partial charge >= 0.3 is 0 Å². The molecule has 0 aliphatic carbocycles. The Kier molecular flexibility index (Phi) is 3.97. The number of nitrogens with zero attached hydrogens (tertiary/aromatic N) is 1. The second-order valence-corrected chi connectivity index (χ2v) is 4.72. The molecule has 1 saturated heterocycles. The fraction of sp³-hybridized carbons (Fsp3) is 0.571. The van der Waals surface area contributed by atoms with Crippen molar-refractivity contribution < 1.29 is 0 Å². The highest BCUT2D eigenvalue weighted by Crippen LogP contribution is 2.19. The molecular weight excluding hydrogens is 196 g/mol. The zero-order chi connectivity index (χ0) is 11.4. The SMILES string of the molecule is CCCN1CC(c2ccccc2)NCC1C. The second-order valence-electron chi connectivity index (χ2n) is 4.72. The largest absolute Gasteiger partial charge is 0.307 e. The normalized spacial score (nSPS) is 26.9. The Labute approximate surface area is 98.7 Å². The number of hydrogen-bond acceptors (Lipinski definition) is 2. The number of piperazine rings is 1. The van der Waals surface area contributed by atoms with E-state index in [2.05, 4.69) is 54.4 Å². The Morgan fingerprint density at radius 1 is 1.31 bits per heavy atom. The fourth-order valence-corrected chi connectivity index (χ4v) is 2.43. The maximum Gasteiger partial charge on any atom is 0.0449 e. The lowest BCUT2D eigenvalue weighted by Crippen LogP contribution is -2.51. The Morgan fingerprint density at radius 2 is 2.06 bits per heavy atom. The minimum atomic E-state index is 0.504. The molecule has 2 atom stereocenters. The summed E-state index contributed by atoms with van der Waals surface area (Å²) in [4.78, 5) is 2.59. The molecule has 1 heterocycles. The van der Waals surface area contributed by atoms with Gasteiger partial charge in [-0.1, -0.05) is 37.3 Å². The fourth-order valence-electron chi connectivity index (χ4n) is 2.43. The van der Waals surface area contributed by atoms with Crippen molar-refractivity contribution in [3.63, 3.8) is 0 Å². The zero-order valence-electron chi connectivity index (χ0n) is 10.3. The lowest BCUT2D eigenvalue weighted by molar-refractivity contribution is 0.141. The van der Waals surface area contributed by atoms with E-state index in [4.69, 9.17) is 0 Å². The van der Waals surface area contributed by atoms with Crippen molar-refractivity contribution in [2.75, 3.05) is 19.6 Å². The number of nitrogens with one attached hydrogen (secondary N) is 1. The van der Waals surface area contributed by atoms with Gasteiger partial charge in [-0.15, -0.1) is 0 Å². The standard InChI is InChI=1S/C14H22N2/c1-3-9-16-11-14(15-10-12(16)2)13-7-5-4-6-8-13/h4-8,12,14-15H,3,9-11H2,1-2H3. The maximum atomic E-state index is 3.63. The van der Waals surface area contributed by atoms with E-state index >= 15 is 0 Å². The summed E-state index contributed by atoms with van der Waals surface area (Å²) in [5, 5.41) is 3.63. The molecule has 1 aliphatic rings. The van der Waals surface area contributed by atoms with E-state index in [1.165, 1.54) is 18.5 Å². The first kappa shape index (κ1) is 11.6. The third kappa shape index (κ3) is 2.63. The average Bonchev–Trinajstić information content (AvgIpc) is 2.33. The van der Waals surface area contributed by atoms with Gasteiger partial charge in [-0.2, -0.15) is 0 Å². The van der Waals surface area contributed by atoms with E-state index in [1.807, 2.05) is 0 Å². The van der Waals surface area contributed by atoms with Crippen molar-refractivity contribution in [2.24, 2.45) is 0 Å². The average molecular weight is 218 g/mol. The van der Waals surface area contributed by atoms with Gasteiger partial charge in [-0.3, -0.25) is 4.90 Å². The van der Waals surface area contributed by atoms with Gasteiger partial charge in [-0.25, -0.2) is 0 Å². The van der Waals surface area contributed by atoms with Crippen LogP contribution in [0.4, 0.5) is 0 Å². The molecule has 0 saturated carbocycles. The van der Waals surface area contributed by atoms with Crippen LogP contribution >= 0.6 is 0 Å². The van der Waals surface area contributed by atoms with Crippen molar-refractivity contribution in [1.82, 2.24) is 10.2 Å². The molecule has 2 nitrogen and oxygen atoms in total. The van der Waals surface area contributed by atoms with Crippen molar-refractivity contribution in [2.45, 2.75) is 32.4 Å². The summed E-state index contributed by atoms with van der Waals surface area (Å²) in [5.74, 6) is 0. The van der Waals surface area contributed by atoms with Crippen LogP contribution < -0.4 is 5.32 Å². The van der Waals surface area contributed by atoms with E-state index in [1.54, 1.807) is 0 Å². The van der Waals surface area contributed by atoms with Crippen LogP contribution in [0.15, 0.2) is 30.3 Å². The minimum absolute atomic E-state index is 0.504. The highest BCUT2D eigenvalue weighted by atomic mass is 15.2. The van der Waals surface area contributed by atoms with Gasteiger partial charge in [0.15, 0.2) is 0 Å². The molecule has 0 spiro atoms. The van der Waals surface area contributed by atoms with E-state index in [-0.39, 0.29) is 0 Å². The Balaban J connectivity index is 2.03. The van der Waals surface area contributed by atoms with Crippen LogP contribution in [0.5, 0.6) is 0 Å². The summed E-state index contributed by atoms with van der Waals surface area (Å²) in [6.07, 6.45) is 1.24. The Hall–Kier alpha value is -0.860. The lowest BCUT2D eigenvalue weighted by Gasteiger charge is -2.38. The summed E-state index contributed by atoms with van der Waals surface area (Å²) in [7, 11) is 0. The smallest absolute Gasteiger partial charge is 0.0449 e.